The lowest BCUT2D eigenvalue weighted by molar-refractivity contribution is 0.576. The highest BCUT2D eigenvalue weighted by Gasteiger charge is 2.27. The number of guanidine groups is 1. The molecule has 2 aromatic rings. The lowest BCUT2D eigenvalue weighted by Gasteiger charge is -2.21. The molecule has 5 nitrogen and oxygen atoms in total. The van der Waals surface area contributed by atoms with Crippen LogP contribution in [0.2, 0.25) is 0 Å². The molecule has 0 radical (unpaired) electrons. The second-order valence-corrected chi connectivity index (χ2v) is 7.24. The Labute approximate surface area is 172 Å². The molecule has 1 saturated heterocycles. The molecular formula is C17H22F2IN5S. The fraction of sp³-hybridized carbons (Fsp3) is 0.412. The van der Waals surface area contributed by atoms with E-state index in [4.69, 9.17) is 0 Å². The second kappa shape index (κ2) is 9.45. The number of nitrogens with one attached hydrogen (secondary N) is 2. The smallest absolute Gasteiger partial charge is 0.191 e. The molecule has 142 valence electrons. The van der Waals surface area contributed by atoms with Crippen molar-refractivity contribution >= 4 is 47.0 Å². The van der Waals surface area contributed by atoms with Crippen molar-refractivity contribution in [1.82, 2.24) is 15.6 Å². The Morgan fingerprint density at radius 3 is 2.73 bits per heavy atom. The normalized spacial score (nSPS) is 17.2. The van der Waals surface area contributed by atoms with Gasteiger partial charge in [0.05, 0.1) is 11.6 Å². The predicted octanol–water partition coefficient (Wildman–Crippen LogP) is 3.29. The topological polar surface area (TPSA) is 52.6 Å². The summed E-state index contributed by atoms with van der Waals surface area (Å²) in [5.74, 6) is -0.376. The number of hydrogen-bond donors (Lipinski definition) is 2. The van der Waals surface area contributed by atoms with Gasteiger partial charge in [0.1, 0.15) is 17.3 Å². The van der Waals surface area contributed by atoms with Gasteiger partial charge < -0.3 is 15.5 Å². The first-order valence-corrected chi connectivity index (χ1v) is 8.96. The summed E-state index contributed by atoms with van der Waals surface area (Å²) in [6.07, 6.45) is 2.63. The van der Waals surface area contributed by atoms with Gasteiger partial charge in [-0.25, -0.2) is 13.8 Å². The fourth-order valence-corrected chi connectivity index (χ4v) is 3.65. The molecule has 0 bridgehead atoms. The van der Waals surface area contributed by atoms with Crippen molar-refractivity contribution in [3.63, 3.8) is 0 Å². The Hall–Kier alpha value is -1.49. The zero-order valence-corrected chi connectivity index (χ0v) is 17.8. The molecule has 0 amide bonds. The first kappa shape index (κ1) is 20.8. The number of anilines is 1. The summed E-state index contributed by atoms with van der Waals surface area (Å²) >= 11 is 1.64. The van der Waals surface area contributed by atoms with E-state index in [0.29, 0.717) is 25.6 Å². The van der Waals surface area contributed by atoms with Crippen molar-refractivity contribution in [3.8, 4) is 0 Å². The van der Waals surface area contributed by atoms with E-state index in [-0.39, 0.29) is 35.7 Å². The number of aryl methyl sites for hydroxylation is 1. The summed E-state index contributed by atoms with van der Waals surface area (Å²) in [6.45, 7) is 3.73. The highest BCUT2D eigenvalue weighted by Crippen LogP contribution is 2.26. The van der Waals surface area contributed by atoms with Gasteiger partial charge in [0, 0.05) is 37.3 Å². The Kier molecular flexibility index (Phi) is 7.56. The second-order valence-electron chi connectivity index (χ2n) is 5.92. The largest absolute Gasteiger partial charge is 0.365 e. The SMILES string of the molecule is CN=C(NCc1cnc(C)s1)NC1CCN(c2c(F)cccc2F)C1.I. The predicted molar refractivity (Wildman–Crippen MR) is 113 cm³/mol. The molecule has 1 aliphatic rings. The molecule has 1 fully saturated rings. The molecule has 0 aliphatic carbocycles. The number of rotatable bonds is 4. The highest BCUT2D eigenvalue weighted by molar-refractivity contribution is 14.0. The van der Waals surface area contributed by atoms with Crippen LogP contribution in [0.4, 0.5) is 14.5 Å². The Morgan fingerprint density at radius 2 is 2.12 bits per heavy atom. The van der Waals surface area contributed by atoms with Gasteiger partial charge >= 0.3 is 0 Å². The maximum Gasteiger partial charge on any atom is 0.191 e. The molecular weight excluding hydrogens is 471 g/mol. The molecule has 0 saturated carbocycles. The summed E-state index contributed by atoms with van der Waals surface area (Å²) in [4.78, 5) is 11.3. The van der Waals surface area contributed by atoms with Crippen molar-refractivity contribution in [2.24, 2.45) is 4.99 Å². The number of benzene rings is 1. The molecule has 9 heteroatoms. The molecule has 1 unspecified atom stereocenters. The number of halogens is 3. The van der Waals surface area contributed by atoms with E-state index in [1.165, 1.54) is 18.2 Å². The van der Waals surface area contributed by atoms with Crippen LogP contribution >= 0.6 is 35.3 Å². The van der Waals surface area contributed by atoms with Crippen LogP contribution in [0, 0.1) is 18.6 Å². The first-order valence-electron chi connectivity index (χ1n) is 8.14. The summed E-state index contributed by atoms with van der Waals surface area (Å²) in [7, 11) is 1.70. The molecule has 0 spiro atoms. The van der Waals surface area contributed by atoms with Gasteiger partial charge in [0.25, 0.3) is 0 Å². The molecule has 3 rings (SSSR count). The van der Waals surface area contributed by atoms with Crippen molar-refractivity contribution in [2.45, 2.75) is 25.9 Å². The minimum Gasteiger partial charge on any atom is -0.365 e. The quantitative estimate of drug-likeness (QED) is 0.390. The van der Waals surface area contributed by atoms with E-state index in [0.717, 1.165) is 16.3 Å². The zero-order chi connectivity index (χ0) is 17.8. The van der Waals surface area contributed by atoms with E-state index in [1.54, 1.807) is 23.3 Å². The number of nitrogens with zero attached hydrogens (tertiary/aromatic N) is 3. The van der Waals surface area contributed by atoms with E-state index in [2.05, 4.69) is 20.6 Å². The average Bonchev–Trinajstić information content (AvgIpc) is 3.20. The Bertz CT molecular complexity index is 747. The molecule has 1 aromatic carbocycles. The Morgan fingerprint density at radius 1 is 1.38 bits per heavy atom. The van der Waals surface area contributed by atoms with Crippen LogP contribution in [-0.2, 0) is 6.54 Å². The molecule has 2 heterocycles. The van der Waals surface area contributed by atoms with E-state index in [9.17, 15) is 8.78 Å². The van der Waals surface area contributed by atoms with Gasteiger partial charge in [-0.15, -0.1) is 35.3 Å². The minimum absolute atomic E-state index is 0. The van der Waals surface area contributed by atoms with Gasteiger partial charge in [0.15, 0.2) is 5.96 Å². The van der Waals surface area contributed by atoms with Crippen molar-refractivity contribution in [1.29, 1.82) is 0 Å². The minimum atomic E-state index is -0.524. The van der Waals surface area contributed by atoms with Gasteiger partial charge in [-0.2, -0.15) is 0 Å². The monoisotopic (exact) mass is 493 g/mol. The number of aliphatic imine (C=N–C) groups is 1. The maximum absolute atomic E-state index is 13.9. The van der Waals surface area contributed by atoms with Gasteiger partial charge in [-0.3, -0.25) is 4.99 Å². The van der Waals surface area contributed by atoms with Crippen LogP contribution in [0.3, 0.4) is 0 Å². The summed E-state index contributed by atoms with van der Waals surface area (Å²) in [5, 5.41) is 7.59. The van der Waals surface area contributed by atoms with Crippen LogP contribution in [-0.4, -0.2) is 37.1 Å². The van der Waals surface area contributed by atoms with Crippen LogP contribution in [0.1, 0.15) is 16.3 Å². The number of para-hydroxylation sites is 1. The van der Waals surface area contributed by atoms with Gasteiger partial charge in [-0.05, 0) is 25.5 Å². The van der Waals surface area contributed by atoms with E-state index in [1.807, 2.05) is 13.1 Å². The first-order chi connectivity index (χ1) is 12.1. The maximum atomic E-state index is 13.9. The summed E-state index contributed by atoms with van der Waals surface area (Å²) in [5.41, 5.74) is 0.0508. The van der Waals surface area contributed by atoms with Crippen LogP contribution in [0.15, 0.2) is 29.4 Å². The van der Waals surface area contributed by atoms with E-state index < -0.39 is 11.6 Å². The summed E-state index contributed by atoms with van der Waals surface area (Å²) < 4.78 is 27.9. The Balaban J connectivity index is 0.00000243. The lowest BCUT2D eigenvalue weighted by atomic mass is 10.2. The third-order valence-electron chi connectivity index (χ3n) is 4.11. The molecule has 1 atom stereocenters. The summed E-state index contributed by atoms with van der Waals surface area (Å²) in [6, 6.07) is 4.04. The average molecular weight is 493 g/mol. The van der Waals surface area contributed by atoms with Crippen LogP contribution in [0.25, 0.3) is 0 Å². The zero-order valence-electron chi connectivity index (χ0n) is 14.6. The fourth-order valence-electron chi connectivity index (χ4n) is 2.92. The third kappa shape index (κ3) is 5.03. The molecule has 1 aliphatic heterocycles. The van der Waals surface area contributed by atoms with Gasteiger partial charge in [-0.1, -0.05) is 6.07 Å². The van der Waals surface area contributed by atoms with Crippen molar-refractivity contribution in [3.05, 3.63) is 45.9 Å². The standard InChI is InChI=1S/C17H21F2N5S.HI/c1-11-21-8-13(25-11)9-22-17(20-2)23-12-6-7-24(10-12)16-14(18)4-3-5-15(16)19;/h3-5,8,12H,6-7,9-10H2,1-2H3,(H2,20,22,23);1H. The highest BCUT2D eigenvalue weighted by atomic mass is 127. The number of thiazole rings is 1. The third-order valence-corrected chi connectivity index (χ3v) is 5.02. The lowest BCUT2D eigenvalue weighted by Crippen LogP contribution is -2.44. The van der Waals surface area contributed by atoms with Crippen LogP contribution < -0.4 is 15.5 Å². The van der Waals surface area contributed by atoms with Crippen LogP contribution in [0.5, 0.6) is 0 Å². The van der Waals surface area contributed by atoms with Gasteiger partial charge in [0.2, 0.25) is 0 Å². The number of hydrogen-bond acceptors (Lipinski definition) is 4. The van der Waals surface area contributed by atoms with E-state index >= 15 is 0 Å². The van der Waals surface area contributed by atoms with Crippen molar-refractivity contribution < 1.29 is 8.78 Å². The molecule has 26 heavy (non-hydrogen) atoms. The molecule has 1 aromatic heterocycles. The number of aromatic nitrogens is 1. The molecule has 2 N–H and O–H groups in total. The van der Waals surface area contributed by atoms with Crippen molar-refractivity contribution in [2.75, 3.05) is 25.0 Å².